The molecule has 2 aromatic rings. The van der Waals surface area contributed by atoms with Crippen molar-refractivity contribution in [3.05, 3.63) is 71.3 Å². The molecule has 2 aromatic carbocycles. The average Bonchev–Trinajstić information content (AvgIpc) is 2.74. The Morgan fingerprint density at radius 2 is 1.62 bits per heavy atom. The number of carbonyl (C=O) groups is 2. The van der Waals surface area contributed by atoms with Crippen LogP contribution < -0.4 is 11.1 Å². The van der Waals surface area contributed by atoms with Crippen molar-refractivity contribution in [2.24, 2.45) is 10.9 Å². The van der Waals surface area contributed by atoms with E-state index in [0.29, 0.717) is 12.0 Å². The van der Waals surface area contributed by atoms with Gasteiger partial charge < -0.3 is 20.6 Å². The first-order valence-corrected chi connectivity index (χ1v) is 10.6. The van der Waals surface area contributed by atoms with Gasteiger partial charge in [-0.3, -0.25) is 0 Å². The zero-order chi connectivity index (χ0) is 25.4. The molecule has 1 amide bonds. The van der Waals surface area contributed by atoms with Gasteiger partial charge in [0, 0.05) is 6.42 Å². The molecule has 0 unspecified atom stereocenters. The molecular weight excluding hydrogens is 451 g/mol. The van der Waals surface area contributed by atoms with Crippen molar-refractivity contribution >= 4 is 17.9 Å². The molecule has 2 rings (SSSR count). The summed E-state index contributed by atoms with van der Waals surface area (Å²) >= 11 is 0. The van der Waals surface area contributed by atoms with E-state index >= 15 is 0 Å². The summed E-state index contributed by atoms with van der Waals surface area (Å²) in [5.41, 5.74) is 5.63. The maximum atomic E-state index is 12.7. The van der Waals surface area contributed by atoms with Crippen molar-refractivity contribution in [3.63, 3.8) is 0 Å². The van der Waals surface area contributed by atoms with Crippen molar-refractivity contribution in [1.82, 2.24) is 5.32 Å². The molecule has 0 aromatic heterocycles. The van der Waals surface area contributed by atoms with Crippen LogP contribution >= 0.6 is 0 Å². The molecule has 0 spiro atoms. The summed E-state index contributed by atoms with van der Waals surface area (Å²) in [6.07, 6.45) is -4.56. The lowest BCUT2D eigenvalue weighted by atomic mass is 10.1. The van der Waals surface area contributed by atoms with E-state index in [4.69, 9.17) is 15.3 Å². The number of hydrogen-bond acceptors (Lipinski definition) is 5. The second-order valence-corrected chi connectivity index (χ2v) is 8.59. The zero-order valence-electron chi connectivity index (χ0n) is 19.2. The summed E-state index contributed by atoms with van der Waals surface area (Å²) in [6, 6.07) is 12.7. The van der Waals surface area contributed by atoms with Crippen LogP contribution in [0.2, 0.25) is 0 Å². The summed E-state index contributed by atoms with van der Waals surface area (Å²) in [4.78, 5) is 29.7. The minimum absolute atomic E-state index is 0.0282. The largest absolute Gasteiger partial charge is 0.444 e. The number of alkyl halides is 3. The number of hydrogen-bond donors (Lipinski definition) is 2. The number of oxime groups is 1. The molecular formula is C24H28F3N3O4. The topological polar surface area (TPSA) is 103 Å². The number of carbonyl (C=O) groups excluding carboxylic acids is 2. The molecule has 0 aliphatic carbocycles. The fourth-order valence-electron chi connectivity index (χ4n) is 2.87. The Labute approximate surface area is 196 Å². The molecule has 0 bridgehead atoms. The summed E-state index contributed by atoms with van der Waals surface area (Å²) in [5, 5.41) is 6.06. The maximum Gasteiger partial charge on any atom is 0.416 e. The quantitative estimate of drug-likeness (QED) is 0.250. The molecule has 0 aliphatic rings. The second-order valence-electron chi connectivity index (χ2n) is 8.59. The van der Waals surface area contributed by atoms with Crippen molar-refractivity contribution < 1.29 is 32.3 Å². The molecule has 1 atom stereocenters. The number of nitrogens with two attached hydrogens (primary N) is 1. The van der Waals surface area contributed by atoms with Crippen LogP contribution in [0.4, 0.5) is 18.0 Å². The second kappa shape index (κ2) is 11.5. The van der Waals surface area contributed by atoms with E-state index in [1.165, 1.54) is 12.1 Å². The number of nitrogens with zero attached hydrogens (tertiary/aromatic N) is 1. The number of rotatable bonds is 8. The molecule has 0 heterocycles. The van der Waals surface area contributed by atoms with Crippen LogP contribution in [0, 0.1) is 0 Å². The van der Waals surface area contributed by atoms with Crippen LogP contribution in [0.3, 0.4) is 0 Å². The van der Waals surface area contributed by atoms with Gasteiger partial charge in [-0.25, -0.2) is 9.59 Å². The first-order valence-electron chi connectivity index (χ1n) is 10.6. The number of amidine groups is 1. The minimum Gasteiger partial charge on any atom is -0.444 e. The van der Waals surface area contributed by atoms with Gasteiger partial charge in [-0.1, -0.05) is 47.6 Å². The Hall–Kier alpha value is -3.56. The highest BCUT2D eigenvalue weighted by Gasteiger charge is 2.30. The number of ether oxygens (including phenoxy) is 1. The maximum absolute atomic E-state index is 12.7. The van der Waals surface area contributed by atoms with E-state index in [0.717, 1.165) is 17.7 Å². The Balaban J connectivity index is 2.02. The lowest BCUT2D eigenvalue weighted by Gasteiger charge is -2.22. The van der Waals surface area contributed by atoms with E-state index < -0.39 is 35.4 Å². The molecule has 10 heteroatoms. The lowest BCUT2D eigenvalue weighted by Crippen LogP contribution is -2.44. The lowest BCUT2D eigenvalue weighted by molar-refractivity contribution is -0.146. The zero-order valence-corrected chi connectivity index (χ0v) is 19.2. The highest BCUT2D eigenvalue weighted by Crippen LogP contribution is 2.29. The van der Waals surface area contributed by atoms with Gasteiger partial charge in [0.2, 0.25) is 0 Å². The Morgan fingerprint density at radius 3 is 2.18 bits per heavy atom. The molecule has 0 radical (unpaired) electrons. The van der Waals surface area contributed by atoms with Crippen molar-refractivity contribution in [3.8, 4) is 0 Å². The Kier molecular flexibility index (Phi) is 9.05. The first kappa shape index (κ1) is 26.7. The summed E-state index contributed by atoms with van der Waals surface area (Å²) in [7, 11) is 0. The van der Waals surface area contributed by atoms with Gasteiger partial charge in [-0.2, -0.15) is 13.2 Å². The van der Waals surface area contributed by atoms with Gasteiger partial charge in [0.1, 0.15) is 17.5 Å². The molecule has 34 heavy (non-hydrogen) atoms. The van der Waals surface area contributed by atoms with E-state index in [-0.39, 0.29) is 18.7 Å². The van der Waals surface area contributed by atoms with Crippen LogP contribution in [-0.2, 0) is 33.4 Å². The Morgan fingerprint density at radius 1 is 1.00 bits per heavy atom. The van der Waals surface area contributed by atoms with Crippen LogP contribution in [0.25, 0.3) is 0 Å². The molecule has 3 N–H and O–H groups in total. The standard InChI is InChI=1S/C24H28F3N3O4/c1-23(2,3)33-22(32)29-19(14-11-16-7-5-4-6-8-16)21(31)34-30-20(28)15-17-9-12-18(13-10-17)24(25,26)27/h4-10,12-13,19H,11,14-15H2,1-3H3,(H2,28,30)(H,29,32)/t19-/m0/s1. The van der Waals surface area contributed by atoms with Gasteiger partial charge in [0.05, 0.1) is 5.56 Å². The van der Waals surface area contributed by atoms with E-state index in [1.807, 2.05) is 30.3 Å². The van der Waals surface area contributed by atoms with Gasteiger partial charge >= 0.3 is 18.2 Å². The van der Waals surface area contributed by atoms with E-state index in [9.17, 15) is 22.8 Å². The number of halogens is 3. The molecule has 0 saturated carbocycles. The first-order chi connectivity index (χ1) is 15.8. The highest BCUT2D eigenvalue weighted by atomic mass is 19.4. The highest BCUT2D eigenvalue weighted by molar-refractivity contribution is 5.85. The van der Waals surface area contributed by atoms with Crippen molar-refractivity contribution in [2.45, 2.75) is 57.9 Å². The number of alkyl carbamates (subject to hydrolysis) is 1. The van der Waals surface area contributed by atoms with Crippen molar-refractivity contribution in [1.29, 1.82) is 0 Å². The molecule has 0 saturated heterocycles. The predicted molar refractivity (Wildman–Crippen MR) is 121 cm³/mol. The molecule has 184 valence electrons. The predicted octanol–water partition coefficient (Wildman–Crippen LogP) is 4.59. The molecule has 0 fully saturated rings. The molecule has 0 aliphatic heterocycles. The third kappa shape index (κ3) is 9.51. The number of benzene rings is 2. The summed E-state index contributed by atoms with van der Waals surface area (Å²) in [6.45, 7) is 5.07. The van der Waals surface area contributed by atoms with E-state index in [2.05, 4.69) is 10.5 Å². The van der Waals surface area contributed by atoms with Crippen LogP contribution in [0.15, 0.2) is 59.8 Å². The number of aryl methyl sites for hydroxylation is 1. The van der Waals surface area contributed by atoms with Crippen LogP contribution in [0.1, 0.15) is 43.9 Å². The smallest absolute Gasteiger partial charge is 0.416 e. The fraction of sp³-hybridized carbons (Fsp3) is 0.375. The van der Waals surface area contributed by atoms with Gasteiger partial charge in [-0.05, 0) is 56.9 Å². The third-order valence-corrected chi connectivity index (χ3v) is 4.46. The average molecular weight is 479 g/mol. The number of nitrogens with one attached hydrogen (secondary N) is 1. The van der Waals surface area contributed by atoms with Crippen molar-refractivity contribution in [2.75, 3.05) is 0 Å². The van der Waals surface area contributed by atoms with E-state index in [1.54, 1.807) is 20.8 Å². The van der Waals surface area contributed by atoms with Crippen LogP contribution in [0.5, 0.6) is 0 Å². The normalized spacial score (nSPS) is 13.2. The minimum atomic E-state index is -4.44. The van der Waals surface area contributed by atoms with Gasteiger partial charge in [-0.15, -0.1) is 0 Å². The fourth-order valence-corrected chi connectivity index (χ4v) is 2.87. The van der Waals surface area contributed by atoms with Gasteiger partial charge in [0.25, 0.3) is 0 Å². The number of amides is 1. The Bertz CT molecular complexity index is 985. The van der Waals surface area contributed by atoms with Gasteiger partial charge in [0.15, 0.2) is 0 Å². The summed E-state index contributed by atoms with van der Waals surface area (Å²) in [5.74, 6) is -0.968. The van der Waals surface area contributed by atoms with Crippen LogP contribution in [-0.4, -0.2) is 29.5 Å². The molecule has 7 nitrogen and oxygen atoms in total. The third-order valence-electron chi connectivity index (χ3n) is 4.46. The SMILES string of the molecule is CC(C)(C)OC(=O)N[C@@H](CCc1ccccc1)C(=O)O/N=C(\N)Cc1ccc(C(F)(F)F)cc1. The monoisotopic (exact) mass is 479 g/mol. The summed E-state index contributed by atoms with van der Waals surface area (Å²) < 4.78 is 43.2.